The molecule has 1 aromatic heterocycles. The molecule has 0 saturated carbocycles. The van der Waals surface area contributed by atoms with E-state index < -0.39 is 0 Å². The van der Waals surface area contributed by atoms with Gasteiger partial charge in [-0.25, -0.2) is 0 Å². The van der Waals surface area contributed by atoms with Crippen molar-refractivity contribution in [2.24, 2.45) is 0 Å². The predicted octanol–water partition coefficient (Wildman–Crippen LogP) is -0.243. The molecule has 114 valence electrons. The summed E-state index contributed by atoms with van der Waals surface area (Å²) in [4.78, 5) is 8.49. The maximum atomic E-state index is 10.1. The van der Waals surface area contributed by atoms with Gasteiger partial charge in [0.15, 0.2) is 5.82 Å². The van der Waals surface area contributed by atoms with Crippen LogP contribution in [0.25, 0.3) is 0 Å². The van der Waals surface area contributed by atoms with Gasteiger partial charge in [0.1, 0.15) is 0 Å². The van der Waals surface area contributed by atoms with Crippen LogP contribution >= 0.6 is 0 Å². The number of nitrogens with zero attached hydrogens (tertiary/aromatic N) is 4. The van der Waals surface area contributed by atoms with Crippen LogP contribution in [0.5, 0.6) is 0 Å². The molecule has 1 aliphatic heterocycles. The van der Waals surface area contributed by atoms with Crippen LogP contribution in [-0.4, -0.2) is 77.6 Å². The summed E-state index contributed by atoms with van der Waals surface area (Å²) in [5.74, 6) is 1.32. The van der Waals surface area contributed by atoms with Gasteiger partial charge < -0.3 is 14.4 Å². The molecule has 1 unspecified atom stereocenters. The number of rotatable bonds is 7. The zero-order valence-electron chi connectivity index (χ0n) is 12.3. The number of aliphatic hydroxyl groups is 1. The second kappa shape index (κ2) is 7.68. The molecule has 0 spiro atoms. The lowest BCUT2D eigenvalue weighted by Gasteiger charge is -2.29. The van der Waals surface area contributed by atoms with E-state index in [1.165, 1.54) is 0 Å². The lowest BCUT2D eigenvalue weighted by molar-refractivity contribution is 0.00773. The van der Waals surface area contributed by atoms with Gasteiger partial charge in [-0.1, -0.05) is 12.1 Å². The Bertz CT molecular complexity index is 393. The Morgan fingerprint density at radius 1 is 1.40 bits per heavy atom. The summed E-state index contributed by atoms with van der Waals surface area (Å²) in [6.45, 7) is 7.11. The Morgan fingerprint density at radius 3 is 2.80 bits per heavy atom. The first-order valence-corrected chi connectivity index (χ1v) is 7.15. The van der Waals surface area contributed by atoms with Crippen LogP contribution in [0.1, 0.15) is 18.6 Å². The molecule has 1 aliphatic rings. The second-order valence-corrected chi connectivity index (χ2v) is 5.22. The van der Waals surface area contributed by atoms with Crippen LogP contribution in [-0.2, 0) is 17.7 Å². The highest BCUT2D eigenvalue weighted by molar-refractivity contribution is 4.85. The van der Waals surface area contributed by atoms with Crippen LogP contribution in [0, 0.1) is 0 Å². The summed E-state index contributed by atoms with van der Waals surface area (Å²) >= 11 is 0. The highest BCUT2D eigenvalue weighted by Crippen LogP contribution is 2.04. The van der Waals surface area contributed by atoms with Crippen LogP contribution in [0.3, 0.4) is 0 Å². The van der Waals surface area contributed by atoms with Gasteiger partial charge in [0.2, 0.25) is 5.89 Å². The number of hydrogen-bond acceptors (Lipinski definition) is 7. The molecule has 1 N–H and O–H groups in total. The van der Waals surface area contributed by atoms with Crippen molar-refractivity contribution >= 4 is 0 Å². The molecule has 1 saturated heterocycles. The first-order chi connectivity index (χ1) is 9.67. The molecule has 20 heavy (non-hydrogen) atoms. The molecule has 0 aliphatic carbocycles. The fourth-order valence-electron chi connectivity index (χ4n) is 2.29. The average molecular weight is 284 g/mol. The Labute approximate surface area is 119 Å². The van der Waals surface area contributed by atoms with Gasteiger partial charge >= 0.3 is 0 Å². The van der Waals surface area contributed by atoms with Gasteiger partial charge in [0.25, 0.3) is 0 Å². The minimum absolute atomic E-state index is 0.383. The molecule has 7 nitrogen and oxygen atoms in total. The van der Waals surface area contributed by atoms with Crippen molar-refractivity contribution in [2.75, 3.05) is 46.4 Å². The maximum absolute atomic E-state index is 10.1. The molecule has 7 heteroatoms. The first kappa shape index (κ1) is 15.4. The van der Waals surface area contributed by atoms with Crippen molar-refractivity contribution in [3.63, 3.8) is 0 Å². The molecule has 2 rings (SSSR count). The van der Waals surface area contributed by atoms with Gasteiger partial charge in [-0.3, -0.25) is 9.80 Å². The smallest absolute Gasteiger partial charge is 0.240 e. The van der Waals surface area contributed by atoms with Gasteiger partial charge in [-0.2, -0.15) is 4.98 Å². The van der Waals surface area contributed by atoms with E-state index in [-0.39, 0.29) is 6.10 Å². The fraction of sp³-hybridized carbons (Fsp3) is 0.846. The first-order valence-electron chi connectivity index (χ1n) is 7.15. The summed E-state index contributed by atoms with van der Waals surface area (Å²) in [5.41, 5.74) is 0. The highest BCUT2D eigenvalue weighted by Gasteiger charge is 2.17. The third-order valence-corrected chi connectivity index (χ3v) is 3.33. The Hall–Kier alpha value is -1.02. The van der Waals surface area contributed by atoms with E-state index in [4.69, 9.17) is 9.26 Å². The summed E-state index contributed by atoms with van der Waals surface area (Å²) in [6.07, 6.45) is 0.388. The van der Waals surface area contributed by atoms with E-state index in [9.17, 15) is 5.11 Å². The summed E-state index contributed by atoms with van der Waals surface area (Å²) in [6, 6.07) is 0. The molecular formula is C13H24N4O3. The van der Waals surface area contributed by atoms with E-state index in [0.29, 0.717) is 25.5 Å². The molecule has 0 amide bonds. The van der Waals surface area contributed by atoms with E-state index in [1.807, 2.05) is 18.9 Å². The van der Waals surface area contributed by atoms with Crippen molar-refractivity contribution < 1.29 is 14.4 Å². The van der Waals surface area contributed by atoms with Crippen LogP contribution < -0.4 is 0 Å². The molecule has 1 fully saturated rings. The quantitative estimate of drug-likeness (QED) is 0.740. The van der Waals surface area contributed by atoms with Crippen molar-refractivity contribution in [1.82, 2.24) is 19.9 Å². The van der Waals surface area contributed by atoms with Gasteiger partial charge in [-0.05, 0) is 7.05 Å². The SMILES string of the molecule is CCc1noc(CN(C)CC(O)CN2CCOCC2)n1. The third-order valence-electron chi connectivity index (χ3n) is 3.33. The standard InChI is InChI=1S/C13H24N4O3/c1-3-12-14-13(20-15-12)10-16(2)8-11(18)9-17-4-6-19-7-5-17/h11,18H,3-10H2,1-2H3. The lowest BCUT2D eigenvalue weighted by atomic mass is 10.3. The Morgan fingerprint density at radius 2 is 2.15 bits per heavy atom. The minimum atomic E-state index is -0.383. The van der Waals surface area contributed by atoms with Gasteiger partial charge in [0, 0.05) is 32.6 Å². The Balaban J connectivity index is 1.71. The van der Waals surface area contributed by atoms with Crippen molar-refractivity contribution in [2.45, 2.75) is 26.0 Å². The molecule has 1 atom stereocenters. The number of aliphatic hydroxyl groups excluding tert-OH is 1. The molecule has 2 heterocycles. The number of ether oxygens (including phenoxy) is 1. The number of likely N-dealkylation sites (N-methyl/N-ethyl adjacent to an activating group) is 1. The van der Waals surface area contributed by atoms with Crippen molar-refractivity contribution in [1.29, 1.82) is 0 Å². The number of β-amino-alcohol motifs (C(OH)–C–C–N with tert-alkyl or cyclic N) is 1. The largest absolute Gasteiger partial charge is 0.390 e. The minimum Gasteiger partial charge on any atom is -0.390 e. The maximum Gasteiger partial charge on any atom is 0.240 e. The van der Waals surface area contributed by atoms with Crippen LogP contribution in [0.2, 0.25) is 0 Å². The van der Waals surface area contributed by atoms with Crippen molar-refractivity contribution in [3.8, 4) is 0 Å². The van der Waals surface area contributed by atoms with E-state index in [1.54, 1.807) is 0 Å². The summed E-state index contributed by atoms with van der Waals surface area (Å²) in [7, 11) is 1.94. The second-order valence-electron chi connectivity index (χ2n) is 5.22. The summed E-state index contributed by atoms with van der Waals surface area (Å²) in [5, 5.41) is 14.0. The van der Waals surface area contributed by atoms with Crippen LogP contribution in [0.15, 0.2) is 4.52 Å². The van der Waals surface area contributed by atoms with Gasteiger partial charge in [-0.15, -0.1) is 0 Å². The topological polar surface area (TPSA) is 74.9 Å². The molecule has 1 aromatic rings. The molecule has 0 aromatic carbocycles. The van der Waals surface area contributed by atoms with E-state index >= 15 is 0 Å². The predicted molar refractivity (Wildman–Crippen MR) is 73.3 cm³/mol. The highest BCUT2D eigenvalue weighted by atomic mass is 16.5. The Kier molecular flexibility index (Phi) is 5.90. The normalized spacial score (nSPS) is 18.6. The number of aromatic nitrogens is 2. The zero-order chi connectivity index (χ0) is 14.4. The van der Waals surface area contributed by atoms with E-state index in [2.05, 4.69) is 15.0 Å². The number of morpholine rings is 1. The monoisotopic (exact) mass is 284 g/mol. The number of hydrogen-bond donors (Lipinski definition) is 1. The molecule has 0 bridgehead atoms. The zero-order valence-corrected chi connectivity index (χ0v) is 12.3. The lowest BCUT2D eigenvalue weighted by Crippen LogP contribution is -2.43. The van der Waals surface area contributed by atoms with Gasteiger partial charge in [0.05, 0.1) is 25.9 Å². The summed E-state index contributed by atoms with van der Waals surface area (Å²) < 4.78 is 10.4. The van der Waals surface area contributed by atoms with E-state index in [0.717, 1.165) is 38.5 Å². The van der Waals surface area contributed by atoms with Crippen molar-refractivity contribution in [3.05, 3.63) is 11.7 Å². The number of aryl methyl sites for hydroxylation is 1. The molecular weight excluding hydrogens is 260 g/mol. The average Bonchev–Trinajstić information content (AvgIpc) is 2.87. The third kappa shape index (κ3) is 4.82. The fourth-order valence-corrected chi connectivity index (χ4v) is 2.29. The van der Waals surface area contributed by atoms with Crippen LogP contribution in [0.4, 0.5) is 0 Å². The molecule has 0 radical (unpaired) electrons.